The number of hydrogen-bond donors (Lipinski definition) is 3. The zero-order chi connectivity index (χ0) is 23.1. The number of thiazole rings is 1. The van der Waals surface area contributed by atoms with E-state index in [1.807, 2.05) is 17.0 Å². The van der Waals surface area contributed by atoms with Crippen molar-refractivity contribution in [3.05, 3.63) is 35.1 Å². The first-order valence-corrected chi connectivity index (χ1v) is 11.6. The lowest BCUT2D eigenvalue weighted by molar-refractivity contribution is 0.230. The van der Waals surface area contributed by atoms with Gasteiger partial charge in [0.15, 0.2) is 10.9 Å². The smallest absolute Gasteiger partial charge is 0.318 e. The topological polar surface area (TPSA) is 109 Å². The number of aliphatic hydroxyl groups is 1. The Bertz CT molecular complexity index is 1350. The van der Waals surface area contributed by atoms with Crippen molar-refractivity contribution >= 4 is 55.0 Å². The van der Waals surface area contributed by atoms with Crippen molar-refractivity contribution in [1.29, 1.82) is 0 Å². The molecule has 3 heterocycles. The molecule has 8 nitrogen and oxygen atoms in total. The number of aromatic nitrogens is 3. The molecule has 2 aromatic heterocycles. The van der Waals surface area contributed by atoms with Crippen LogP contribution in [-0.2, 0) is 0 Å². The van der Waals surface area contributed by atoms with E-state index in [0.717, 1.165) is 4.70 Å². The second-order valence-corrected chi connectivity index (χ2v) is 9.35. The van der Waals surface area contributed by atoms with Crippen LogP contribution in [0.4, 0.5) is 15.3 Å². The zero-order valence-electron chi connectivity index (χ0n) is 17.8. The van der Waals surface area contributed by atoms with Gasteiger partial charge in [-0.25, -0.2) is 9.37 Å². The fourth-order valence-electron chi connectivity index (χ4n) is 4.21. The van der Waals surface area contributed by atoms with Crippen LogP contribution in [0.1, 0.15) is 0 Å². The number of anilines is 2. The van der Waals surface area contributed by atoms with Crippen molar-refractivity contribution in [1.82, 2.24) is 20.3 Å². The van der Waals surface area contributed by atoms with Crippen molar-refractivity contribution in [3.63, 3.8) is 0 Å². The molecule has 0 spiro atoms. The van der Waals surface area contributed by atoms with E-state index in [-0.39, 0.29) is 34.6 Å². The molecular formula is C22H22ClFN6O2S. The van der Waals surface area contributed by atoms with Gasteiger partial charge in [0.2, 0.25) is 0 Å². The number of halogens is 2. The van der Waals surface area contributed by atoms with E-state index in [2.05, 4.69) is 20.3 Å². The molecule has 1 fully saturated rings. The molecule has 0 radical (unpaired) electrons. The van der Waals surface area contributed by atoms with E-state index < -0.39 is 5.82 Å². The lowest BCUT2D eigenvalue weighted by atomic mass is 10.0. The van der Waals surface area contributed by atoms with Crippen LogP contribution in [0.2, 0.25) is 5.02 Å². The van der Waals surface area contributed by atoms with Crippen molar-refractivity contribution in [2.45, 2.75) is 0 Å². The Balaban J connectivity index is 1.74. The summed E-state index contributed by atoms with van der Waals surface area (Å²) in [5.74, 6) is -0.0523. The van der Waals surface area contributed by atoms with Gasteiger partial charge < -0.3 is 25.8 Å². The number of para-hydroxylation sites is 1. The first-order chi connectivity index (χ1) is 16.0. The number of nitrogens with two attached hydrogens (primary N) is 1. The highest BCUT2D eigenvalue weighted by Gasteiger charge is 2.26. The summed E-state index contributed by atoms with van der Waals surface area (Å²) in [7, 11) is 1.44. The minimum Gasteiger partial charge on any atom is -0.467 e. The number of nitrogen functional groups attached to an aromatic ring is 1. The molecule has 4 aromatic rings. The lowest BCUT2D eigenvalue weighted by Gasteiger charge is -2.26. The van der Waals surface area contributed by atoms with Gasteiger partial charge in [0, 0.05) is 55.2 Å². The third kappa shape index (κ3) is 3.93. The summed E-state index contributed by atoms with van der Waals surface area (Å²) < 4.78 is 22.2. The third-order valence-corrected chi connectivity index (χ3v) is 6.91. The Morgan fingerprint density at radius 3 is 2.97 bits per heavy atom. The van der Waals surface area contributed by atoms with E-state index >= 15 is 4.39 Å². The highest BCUT2D eigenvalue weighted by Crippen LogP contribution is 2.42. The molecule has 0 saturated carbocycles. The number of nitrogens with one attached hydrogen (secondary N) is 1. The Morgan fingerprint density at radius 1 is 1.33 bits per heavy atom. The Kier molecular flexibility index (Phi) is 5.92. The third-order valence-electron chi connectivity index (χ3n) is 5.76. The summed E-state index contributed by atoms with van der Waals surface area (Å²) in [6, 6.07) is 7.21. The summed E-state index contributed by atoms with van der Waals surface area (Å²) in [5, 5.41) is 14.1. The Morgan fingerprint density at radius 2 is 2.18 bits per heavy atom. The number of rotatable bonds is 4. The van der Waals surface area contributed by atoms with Crippen LogP contribution < -0.4 is 20.7 Å². The van der Waals surface area contributed by atoms with E-state index in [4.69, 9.17) is 22.1 Å². The molecular weight excluding hydrogens is 467 g/mol. The monoisotopic (exact) mass is 488 g/mol. The van der Waals surface area contributed by atoms with Gasteiger partial charge in [0.05, 0.1) is 22.3 Å². The van der Waals surface area contributed by atoms with Crippen LogP contribution in [0.15, 0.2) is 24.3 Å². The number of hydrogen-bond acceptors (Lipinski definition) is 9. The summed E-state index contributed by atoms with van der Waals surface area (Å²) in [4.78, 5) is 15.2. The summed E-state index contributed by atoms with van der Waals surface area (Å²) in [6.45, 7) is 2.60. The van der Waals surface area contributed by atoms with Gasteiger partial charge in [0.1, 0.15) is 11.3 Å². The average molecular weight is 489 g/mol. The second-order valence-electron chi connectivity index (χ2n) is 7.88. The predicted octanol–water partition coefficient (Wildman–Crippen LogP) is 3.31. The summed E-state index contributed by atoms with van der Waals surface area (Å²) in [5.41, 5.74) is 7.34. The SMILES string of the molecule is COc1nc(N2CCNCC(CO)C2)c2cc(Cl)c(-c3cccc4sc(N)nc34)c(F)c2n1. The first kappa shape index (κ1) is 22.0. The molecule has 172 valence electrons. The maximum absolute atomic E-state index is 16.1. The van der Waals surface area contributed by atoms with Gasteiger partial charge in [-0.3, -0.25) is 0 Å². The number of aliphatic hydroxyl groups excluding tert-OH is 1. The average Bonchev–Trinajstić information content (AvgIpc) is 3.04. The molecule has 11 heteroatoms. The molecule has 1 aliphatic rings. The second kappa shape index (κ2) is 8.86. The van der Waals surface area contributed by atoms with Gasteiger partial charge >= 0.3 is 6.01 Å². The first-order valence-electron chi connectivity index (χ1n) is 10.5. The maximum Gasteiger partial charge on any atom is 0.318 e. The largest absolute Gasteiger partial charge is 0.467 e. The molecule has 4 N–H and O–H groups in total. The van der Waals surface area contributed by atoms with Gasteiger partial charge in [-0.1, -0.05) is 35.1 Å². The van der Waals surface area contributed by atoms with Gasteiger partial charge in [-0.05, 0) is 12.1 Å². The van der Waals surface area contributed by atoms with Crippen LogP contribution in [-0.4, -0.2) is 60.0 Å². The summed E-state index contributed by atoms with van der Waals surface area (Å²) in [6.07, 6.45) is 0. The minimum atomic E-state index is -0.579. The lowest BCUT2D eigenvalue weighted by Crippen LogP contribution is -2.32. The van der Waals surface area contributed by atoms with Crippen LogP contribution in [0.25, 0.3) is 32.2 Å². The number of nitrogens with zero attached hydrogens (tertiary/aromatic N) is 4. The normalized spacial score (nSPS) is 17.0. The molecule has 0 amide bonds. The van der Waals surface area contributed by atoms with Gasteiger partial charge in [-0.2, -0.15) is 9.97 Å². The quantitative estimate of drug-likeness (QED) is 0.401. The highest BCUT2D eigenvalue weighted by atomic mass is 35.5. The van der Waals surface area contributed by atoms with Crippen molar-refractivity contribution in [2.24, 2.45) is 5.92 Å². The zero-order valence-corrected chi connectivity index (χ0v) is 19.4. The van der Waals surface area contributed by atoms with Crippen LogP contribution >= 0.6 is 22.9 Å². The summed E-state index contributed by atoms with van der Waals surface area (Å²) >= 11 is 8.00. The number of fused-ring (bicyclic) bond motifs is 2. The molecule has 2 aromatic carbocycles. The fourth-order valence-corrected chi connectivity index (χ4v) is 5.26. The van der Waals surface area contributed by atoms with Gasteiger partial charge in [-0.15, -0.1) is 0 Å². The van der Waals surface area contributed by atoms with Crippen LogP contribution in [0.5, 0.6) is 6.01 Å². The standard InChI is InChI=1S/C22H22ClFN6O2S/c1-32-22-28-19-13(20(29-22)30-6-5-26-8-11(9-30)10-31)7-14(23)16(17(19)24)12-3-2-4-15-18(12)27-21(25)33-15/h2-4,7,11,26,31H,5-6,8-10H2,1H3,(H2,25,27). The Labute approximate surface area is 198 Å². The molecule has 1 saturated heterocycles. The van der Waals surface area contributed by atoms with Crippen molar-refractivity contribution in [3.8, 4) is 17.1 Å². The molecule has 0 bridgehead atoms. The molecule has 0 aliphatic carbocycles. The fraction of sp³-hybridized carbons (Fsp3) is 0.318. The van der Waals surface area contributed by atoms with Crippen LogP contribution in [0.3, 0.4) is 0 Å². The number of ether oxygens (including phenoxy) is 1. The molecule has 5 rings (SSSR count). The molecule has 1 atom stereocenters. The van der Waals surface area contributed by atoms with E-state index in [1.165, 1.54) is 18.4 Å². The van der Waals surface area contributed by atoms with E-state index in [9.17, 15) is 5.11 Å². The van der Waals surface area contributed by atoms with E-state index in [1.54, 1.807) is 12.1 Å². The Hall–Kier alpha value is -2.79. The van der Waals surface area contributed by atoms with Crippen molar-refractivity contribution < 1.29 is 14.2 Å². The molecule has 1 aliphatic heterocycles. The predicted molar refractivity (Wildman–Crippen MR) is 130 cm³/mol. The molecule has 1 unspecified atom stereocenters. The van der Waals surface area contributed by atoms with E-state index in [0.29, 0.717) is 53.6 Å². The van der Waals surface area contributed by atoms with Gasteiger partial charge in [0.25, 0.3) is 0 Å². The van der Waals surface area contributed by atoms with Crippen LogP contribution in [0, 0.1) is 11.7 Å². The minimum absolute atomic E-state index is 0.0100. The maximum atomic E-state index is 16.1. The molecule has 33 heavy (non-hydrogen) atoms. The number of methoxy groups -OCH3 is 1. The highest BCUT2D eigenvalue weighted by molar-refractivity contribution is 7.22. The number of benzene rings is 2. The van der Waals surface area contributed by atoms with Crippen molar-refractivity contribution in [2.75, 3.05) is 50.5 Å².